The van der Waals surface area contributed by atoms with Crippen LogP contribution >= 0.6 is 0 Å². The molecular formula is C23H22FN3O2. The summed E-state index contributed by atoms with van der Waals surface area (Å²) in [6.07, 6.45) is 3.20. The van der Waals surface area contributed by atoms with Gasteiger partial charge in [-0.15, -0.1) is 0 Å². The standard InChI is InChI=1S/C23H22FN3O2/c1-16-6-2-3-8-18(16)15-27-23(29)20-12-19(13-25-14-20)22(28)26-11-10-17-7-4-5-9-21(17)24/h2-9,12-14H,10-11,15H2,1H3,(H,26,28)(H,27,29). The van der Waals surface area contributed by atoms with E-state index in [-0.39, 0.29) is 29.7 Å². The molecule has 0 atom stereocenters. The Labute approximate surface area is 169 Å². The van der Waals surface area contributed by atoms with Crippen molar-refractivity contribution in [2.24, 2.45) is 0 Å². The fourth-order valence-electron chi connectivity index (χ4n) is 2.89. The SMILES string of the molecule is Cc1ccccc1CNC(=O)c1cncc(C(=O)NCCc2ccccc2F)c1. The van der Waals surface area contributed by atoms with Gasteiger partial charge in [0.2, 0.25) is 0 Å². The molecule has 2 N–H and O–H groups in total. The number of aromatic nitrogens is 1. The van der Waals surface area contributed by atoms with E-state index >= 15 is 0 Å². The minimum absolute atomic E-state index is 0.280. The molecule has 148 valence electrons. The van der Waals surface area contributed by atoms with Crippen LogP contribution in [0, 0.1) is 12.7 Å². The number of carbonyl (C=O) groups is 2. The smallest absolute Gasteiger partial charge is 0.253 e. The molecule has 0 fully saturated rings. The van der Waals surface area contributed by atoms with Gasteiger partial charge in [-0.05, 0) is 42.2 Å². The summed E-state index contributed by atoms with van der Waals surface area (Å²) in [7, 11) is 0. The Kier molecular flexibility index (Phi) is 6.68. The lowest BCUT2D eigenvalue weighted by Crippen LogP contribution is -2.27. The molecule has 0 aliphatic carbocycles. The molecular weight excluding hydrogens is 369 g/mol. The summed E-state index contributed by atoms with van der Waals surface area (Å²) in [5.41, 5.74) is 3.24. The number of amides is 2. The van der Waals surface area contributed by atoms with Gasteiger partial charge in [0.1, 0.15) is 5.82 Å². The molecule has 0 saturated heterocycles. The van der Waals surface area contributed by atoms with E-state index in [9.17, 15) is 14.0 Å². The Bertz CT molecular complexity index is 1020. The second kappa shape index (κ2) is 9.59. The highest BCUT2D eigenvalue weighted by Crippen LogP contribution is 2.09. The Balaban J connectivity index is 1.56. The van der Waals surface area contributed by atoms with E-state index in [0.29, 0.717) is 24.1 Å². The van der Waals surface area contributed by atoms with Crippen molar-refractivity contribution in [3.05, 3.63) is 101 Å². The Morgan fingerprint density at radius 1 is 0.897 bits per heavy atom. The van der Waals surface area contributed by atoms with Crippen LogP contribution in [-0.2, 0) is 13.0 Å². The van der Waals surface area contributed by atoms with E-state index < -0.39 is 0 Å². The average Bonchev–Trinajstić information content (AvgIpc) is 2.74. The van der Waals surface area contributed by atoms with Crippen molar-refractivity contribution in [2.75, 3.05) is 6.54 Å². The quantitative estimate of drug-likeness (QED) is 0.648. The first-order valence-corrected chi connectivity index (χ1v) is 9.34. The van der Waals surface area contributed by atoms with Crippen LogP contribution in [0.5, 0.6) is 0 Å². The van der Waals surface area contributed by atoms with Gasteiger partial charge < -0.3 is 10.6 Å². The first-order chi connectivity index (χ1) is 14.0. The fourth-order valence-corrected chi connectivity index (χ4v) is 2.89. The zero-order chi connectivity index (χ0) is 20.6. The van der Waals surface area contributed by atoms with Gasteiger partial charge in [-0.25, -0.2) is 4.39 Å². The lowest BCUT2D eigenvalue weighted by atomic mass is 10.1. The highest BCUT2D eigenvalue weighted by molar-refractivity contribution is 5.99. The second-order valence-electron chi connectivity index (χ2n) is 6.67. The zero-order valence-corrected chi connectivity index (χ0v) is 16.1. The lowest BCUT2D eigenvalue weighted by Gasteiger charge is -2.09. The number of rotatable bonds is 7. The fraction of sp³-hybridized carbons (Fsp3) is 0.174. The van der Waals surface area contributed by atoms with Crippen LogP contribution in [0.4, 0.5) is 4.39 Å². The van der Waals surface area contributed by atoms with E-state index in [1.165, 1.54) is 24.5 Å². The number of pyridine rings is 1. The zero-order valence-electron chi connectivity index (χ0n) is 16.1. The predicted molar refractivity (Wildman–Crippen MR) is 109 cm³/mol. The van der Waals surface area contributed by atoms with Gasteiger partial charge in [0.25, 0.3) is 11.8 Å². The number of hydrogen-bond acceptors (Lipinski definition) is 3. The van der Waals surface area contributed by atoms with E-state index in [0.717, 1.165) is 11.1 Å². The maximum Gasteiger partial charge on any atom is 0.253 e. The monoisotopic (exact) mass is 391 g/mol. The summed E-state index contributed by atoms with van der Waals surface area (Å²) in [4.78, 5) is 28.8. The largest absolute Gasteiger partial charge is 0.352 e. The summed E-state index contributed by atoms with van der Waals surface area (Å²) in [6.45, 7) is 2.66. The van der Waals surface area contributed by atoms with Gasteiger partial charge in [-0.3, -0.25) is 14.6 Å². The molecule has 0 saturated carbocycles. The van der Waals surface area contributed by atoms with Crippen LogP contribution in [0.3, 0.4) is 0 Å². The molecule has 3 rings (SSSR count). The molecule has 0 aliphatic heterocycles. The number of carbonyl (C=O) groups excluding carboxylic acids is 2. The lowest BCUT2D eigenvalue weighted by molar-refractivity contribution is 0.0950. The van der Waals surface area contributed by atoms with Crippen LogP contribution in [0.15, 0.2) is 67.0 Å². The average molecular weight is 391 g/mol. The molecule has 29 heavy (non-hydrogen) atoms. The molecule has 3 aromatic rings. The van der Waals surface area contributed by atoms with Crippen molar-refractivity contribution < 1.29 is 14.0 Å². The summed E-state index contributed by atoms with van der Waals surface area (Å²) < 4.78 is 13.6. The van der Waals surface area contributed by atoms with Crippen molar-refractivity contribution in [1.82, 2.24) is 15.6 Å². The third-order valence-electron chi connectivity index (χ3n) is 4.60. The van der Waals surface area contributed by atoms with Crippen molar-refractivity contribution in [2.45, 2.75) is 19.9 Å². The molecule has 2 amide bonds. The van der Waals surface area contributed by atoms with E-state index in [4.69, 9.17) is 0 Å². The number of nitrogens with zero attached hydrogens (tertiary/aromatic N) is 1. The minimum atomic E-state index is -0.359. The van der Waals surface area contributed by atoms with Crippen molar-refractivity contribution in [1.29, 1.82) is 0 Å². The van der Waals surface area contributed by atoms with Gasteiger partial charge in [-0.1, -0.05) is 42.5 Å². The number of halogens is 1. The topological polar surface area (TPSA) is 71.1 Å². The second-order valence-corrected chi connectivity index (χ2v) is 6.67. The van der Waals surface area contributed by atoms with Gasteiger partial charge in [0, 0.05) is 25.5 Å². The first kappa shape index (κ1) is 20.2. The normalized spacial score (nSPS) is 10.4. The van der Waals surface area contributed by atoms with E-state index in [1.54, 1.807) is 18.2 Å². The minimum Gasteiger partial charge on any atom is -0.352 e. The summed E-state index contributed by atoms with van der Waals surface area (Å²) in [5, 5.41) is 5.57. The number of hydrogen-bond donors (Lipinski definition) is 2. The molecule has 0 aliphatic rings. The molecule has 0 radical (unpaired) electrons. The summed E-state index contributed by atoms with van der Waals surface area (Å²) >= 11 is 0. The maximum absolute atomic E-state index is 13.6. The Morgan fingerprint density at radius 2 is 1.52 bits per heavy atom. The van der Waals surface area contributed by atoms with Gasteiger partial charge >= 0.3 is 0 Å². The molecule has 5 nitrogen and oxygen atoms in total. The highest BCUT2D eigenvalue weighted by atomic mass is 19.1. The molecule has 6 heteroatoms. The van der Waals surface area contributed by atoms with Crippen LogP contribution in [-0.4, -0.2) is 23.3 Å². The van der Waals surface area contributed by atoms with Crippen LogP contribution in [0.25, 0.3) is 0 Å². The molecule has 0 unspecified atom stereocenters. The van der Waals surface area contributed by atoms with Crippen molar-refractivity contribution >= 4 is 11.8 Å². The highest BCUT2D eigenvalue weighted by Gasteiger charge is 2.12. The molecule has 0 bridgehead atoms. The number of benzene rings is 2. The Morgan fingerprint density at radius 3 is 2.21 bits per heavy atom. The van der Waals surface area contributed by atoms with E-state index in [1.807, 2.05) is 31.2 Å². The summed E-state index contributed by atoms with van der Waals surface area (Å²) in [5.74, 6) is -0.958. The number of nitrogens with one attached hydrogen (secondary N) is 2. The summed E-state index contributed by atoms with van der Waals surface area (Å²) in [6, 6.07) is 15.7. The molecule has 1 heterocycles. The van der Waals surface area contributed by atoms with Gasteiger partial charge in [-0.2, -0.15) is 0 Å². The maximum atomic E-state index is 13.6. The Hall–Kier alpha value is -3.54. The van der Waals surface area contributed by atoms with Gasteiger partial charge in [0.15, 0.2) is 0 Å². The third-order valence-corrected chi connectivity index (χ3v) is 4.60. The van der Waals surface area contributed by atoms with Gasteiger partial charge in [0.05, 0.1) is 11.1 Å². The molecule has 1 aromatic heterocycles. The molecule has 2 aromatic carbocycles. The third kappa shape index (κ3) is 5.48. The van der Waals surface area contributed by atoms with Crippen molar-refractivity contribution in [3.8, 4) is 0 Å². The predicted octanol–water partition coefficient (Wildman–Crippen LogP) is 3.43. The van der Waals surface area contributed by atoms with Crippen molar-refractivity contribution in [3.63, 3.8) is 0 Å². The first-order valence-electron chi connectivity index (χ1n) is 9.34. The van der Waals surface area contributed by atoms with Crippen LogP contribution in [0.2, 0.25) is 0 Å². The molecule has 0 spiro atoms. The van der Waals surface area contributed by atoms with E-state index in [2.05, 4.69) is 15.6 Å². The van der Waals surface area contributed by atoms with Crippen LogP contribution < -0.4 is 10.6 Å². The van der Waals surface area contributed by atoms with Crippen LogP contribution in [0.1, 0.15) is 37.4 Å². The number of aryl methyl sites for hydroxylation is 1.